The van der Waals surface area contributed by atoms with Crippen LogP contribution in [0.1, 0.15) is 38.2 Å². The van der Waals surface area contributed by atoms with Crippen LogP contribution >= 0.6 is 22.7 Å². The number of nitrogens with one attached hydrogen (secondary N) is 1. The van der Waals surface area contributed by atoms with E-state index >= 15 is 0 Å². The Kier molecular flexibility index (Phi) is 4.48. The highest BCUT2D eigenvalue weighted by molar-refractivity contribution is 7.18. The summed E-state index contributed by atoms with van der Waals surface area (Å²) in [5.74, 6) is 0.0710. The Morgan fingerprint density at radius 2 is 1.95 bits per heavy atom. The fourth-order valence-electron chi connectivity index (χ4n) is 1.95. The van der Waals surface area contributed by atoms with Crippen molar-refractivity contribution in [3.05, 3.63) is 20.5 Å². The molecule has 6 nitrogen and oxygen atoms in total. The first kappa shape index (κ1) is 15.7. The van der Waals surface area contributed by atoms with Crippen LogP contribution in [0, 0.1) is 13.8 Å². The highest BCUT2D eigenvalue weighted by Gasteiger charge is 2.21. The van der Waals surface area contributed by atoms with Gasteiger partial charge in [-0.25, -0.2) is 9.97 Å². The van der Waals surface area contributed by atoms with E-state index in [1.165, 1.54) is 11.3 Å². The van der Waals surface area contributed by atoms with Crippen molar-refractivity contribution in [2.24, 2.45) is 0 Å². The number of aromatic nitrogens is 2. The normalized spacial score (nSPS) is 12.2. The van der Waals surface area contributed by atoms with Crippen LogP contribution in [0.5, 0.6) is 0 Å². The molecule has 114 valence electrons. The van der Waals surface area contributed by atoms with E-state index in [1.807, 2.05) is 39.8 Å². The van der Waals surface area contributed by atoms with Gasteiger partial charge in [0.15, 0.2) is 5.13 Å². The van der Waals surface area contributed by atoms with Crippen LogP contribution in [0.4, 0.5) is 10.9 Å². The summed E-state index contributed by atoms with van der Waals surface area (Å²) >= 11 is 2.88. The Hall–Kier alpha value is -1.67. The van der Waals surface area contributed by atoms with Gasteiger partial charge in [-0.1, -0.05) is 11.3 Å². The van der Waals surface area contributed by atoms with Gasteiger partial charge in [-0.15, -0.1) is 11.3 Å². The van der Waals surface area contributed by atoms with Gasteiger partial charge >= 0.3 is 0 Å². The summed E-state index contributed by atoms with van der Waals surface area (Å²) in [6, 6.07) is -0.104. The van der Waals surface area contributed by atoms with Gasteiger partial charge < -0.3 is 16.0 Å². The number of anilines is 2. The Morgan fingerprint density at radius 1 is 1.29 bits per heavy atom. The fourth-order valence-corrected chi connectivity index (χ4v) is 3.69. The van der Waals surface area contributed by atoms with Gasteiger partial charge in [-0.2, -0.15) is 0 Å². The molecule has 0 aliphatic carbocycles. The number of hydrogen-bond acceptors (Lipinski definition) is 7. The molecule has 0 saturated heterocycles. The Balaban J connectivity index is 2.16. The van der Waals surface area contributed by atoms with E-state index in [-0.39, 0.29) is 17.8 Å². The van der Waals surface area contributed by atoms with Gasteiger partial charge in [-0.05, 0) is 20.8 Å². The number of thiazole rings is 2. The smallest absolute Gasteiger partial charge is 0.265 e. The Bertz CT molecular complexity index is 662. The second-order valence-corrected chi connectivity index (χ2v) is 7.20. The molecule has 1 amide bonds. The topological polar surface area (TPSA) is 84.1 Å². The molecule has 0 spiro atoms. The van der Waals surface area contributed by atoms with Crippen LogP contribution < -0.4 is 16.0 Å². The third-order valence-electron chi connectivity index (χ3n) is 2.91. The van der Waals surface area contributed by atoms with Crippen molar-refractivity contribution in [2.75, 3.05) is 24.7 Å². The number of carbonyl (C=O) groups is 1. The minimum Gasteiger partial charge on any atom is -0.382 e. The van der Waals surface area contributed by atoms with E-state index in [0.717, 1.165) is 20.7 Å². The molecule has 0 radical (unpaired) electrons. The third kappa shape index (κ3) is 3.33. The minimum atomic E-state index is -0.198. The molecule has 1 unspecified atom stereocenters. The zero-order valence-corrected chi connectivity index (χ0v) is 14.4. The largest absolute Gasteiger partial charge is 0.382 e. The van der Waals surface area contributed by atoms with Crippen LogP contribution in [0.15, 0.2) is 0 Å². The number of aryl methyl sites for hydroxylation is 2. The summed E-state index contributed by atoms with van der Waals surface area (Å²) in [5.41, 5.74) is 6.79. The molecule has 0 bridgehead atoms. The zero-order valence-electron chi connectivity index (χ0n) is 12.7. The van der Waals surface area contributed by atoms with E-state index in [1.54, 1.807) is 11.3 Å². The van der Waals surface area contributed by atoms with Crippen LogP contribution in [0.2, 0.25) is 0 Å². The number of amides is 1. The monoisotopic (exact) mass is 325 g/mol. The molecule has 1 atom stereocenters. The maximum Gasteiger partial charge on any atom is 0.265 e. The molecule has 0 aliphatic rings. The van der Waals surface area contributed by atoms with Crippen molar-refractivity contribution < 1.29 is 4.79 Å². The van der Waals surface area contributed by atoms with Crippen LogP contribution in [0.3, 0.4) is 0 Å². The minimum absolute atomic E-state index is 0.104. The highest BCUT2D eigenvalue weighted by Crippen LogP contribution is 2.29. The molecule has 2 aromatic heterocycles. The van der Waals surface area contributed by atoms with E-state index in [4.69, 9.17) is 5.73 Å². The van der Waals surface area contributed by atoms with Crippen LogP contribution in [-0.4, -0.2) is 30.0 Å². The first-order valence-electron chi connectivity index (χ1n) is 6.48. The fraction of sp³-hybridized carbons (Fsp3) is 0.462. The molecule has 2 heterocycles. The summed E-state index contributed by atoms with van der Waals surface area (Å²) in [6.07, 6.45) is 0. The van der Waals surface area contributed by atoms with Gasteiger partial charge in [0.05, 0.1) is 16.7 Å². The molecular formula is C13H19N5OS2. The van der Waals surface area contributed by atoms with Crippen molar-refractivity contribution in [2.45, 2.75) is 26.8 Å². The Labute approximate surface area is 132 Å². The number of carbonyl (C=O) groups excluding carboxylic acids is 1. The van der Waals surface area contributed by atoms with Crippen LogP contribution in [-0.2, 0) is 0 Å². The molecule has 2 rings (SSSR count). The maximum atomic E-state index is 12.3. The average Bonchev–Trinajstić information content (AvgIpc) is 2.92. The molecule has 8 heteroatoms. The van der Waals surface area contributed by atoms with Crippen molar-refractivity contribution in [1.82, 2.24) is 15.3 Å². The van der Waals surface area contributed by atoms with Crippen LogP contribution in [0.25, 0.3) is 0 Å². The lowest BCUT2D eigenvalue weighted by atomic mass is 10.2. The predicted molar refractivity (Wildman–Crippen MR) is 88.3 cm³/mol. The third-order valence-corrected chi connectivity index (χ3v) is 5.40. The summed E-state index contributed by atoms with van der Waals surface area (Å²) in [7, 11) is 3.73. The predicted octanol–water partition coefficient (Wildman–Crippen LogP) is 2.36. The van der Waals surface area contributed by atoms with E-state index < -0.39 is 0 Å². The standard InChI is InChI=1S/C13H19N5OS2/c1-6-9(20-8(3)15-6)7(2)16-12(19)10-11(14)17-13(21-10)18(4)5/h7H,14H2,1-5H3,(H,16,19). The first-order valence-corrected chi connectivity index (χ1v) is 8.11. The number of hydrogen-bond donors (Lipinski definition) is 2. The first-order chi connectivity index (χ1) is 9.79. The number of nitrogens with two attached hydrogens (primary N) is 1. The van der Waals surface area contributed by atoms with Crippen molar-refractivity contribution in [3.63, 3.8) is 0 Å². The summed E-state index contributed by atoms with van der Waals surface area (Å²) in [6.45, 7) is 5.86. The summed E-state index contributed by atoms with van der Waals surface area (Å²) < 4.78 is 0. The maximum absolute atomic E-state index is 12.3. The van der Waals surface area contributed by atoms with Crippen molar-refractivity contribution >= 4 is 39.5 Å². The number of rotatable bonds is 4. The Morgan fingerprint density at radius 3 is 2.43 bits per heavy atom. The van der Waals surface area contributed by atoms with Gasteiger partial charge in [0.25, 0.3) is 5.91 Å². The van der Waals surface area contributed by atoms with Crippen molar-refractivity contribution in [3.8, 4) is 0 Å². The van der Waals surface area contributed by atoms with E-state index in [9.17, 15) is 4.79 Å². The number of nitrogens with zero attached hydrogens (tertiary/aromatic N) is 3. The highest BCUT2D eigenvalue weighted by atomic mass is 32.1. The lowest BCUT2D eigenvalue weighted by Gasteiger charge is -2.12. The molecule has 0 aromatic carbocycles. The molecule has 0 saturated carbocycles. The number of nitrogen functional groups attached to an aromatic ring is 1. The van der Waals surface area contributed by atoms with Gasteiger partial charge in [-0.3, -0.25) is 4.79 Å². The average molecular weight is 325 g/mol. The molecule has 21 heavy (non-hydrogen) atoms. The molecule has 0 aliphatic heterocycles. The van der Waals surface area contributed by atoms with E-state index in [0.29, 0.717) is 4.88 Å². The molecule has 3 N–H and O–H groups in total. The second kappa shape index (κ2) is 5.98. The lowest BCUT2D eigenvalue weighted by Crippen LogP contribution is -2.26. The second-order valence-electron chi connectivity index (χ2n) is 4.98. The summed E-state index contributed by atoms with van der Waals surface area (Å²) in [4.78, 5) is 24.3. The van der Waals surface area contributed by atoms with Gasteiger partial charge in [0, 0.05) is 19.0 Å². The SMILES string of the molecule is Cc1nc(C)c(C(C)NC(=O)c2sc(N(C)C)nc2N)s1. The zero-order chi connectivity index (χ0) is 15.7. The molecular weight excluding hydrogens is 306 g/mol. The van der Waals surface area contributed by atoms with Crippen molar-refractivity contribution in [1.29, 1.82) is 0 Å². The van der Waals surface area contributed by atoms with Gasteiger partial charge in [0.2, 0.25) is 0 Å². The van der Waals surface area contributed by atoms with E-state index in [2.05, 4.69) is 15.3 Å². The molecule has 0 fully saturated rings. The summed E-state index contributed by atoms with van der Waals surface area (Å²) in [5, 5.41) is 4.68. The quantitative estimate of drug-likeness (QED) is 0.901. The lowest BCUT2D eigenvalue weighted by molar-refractivity contribution is 0.0945. The van der Waals surface area contributed by atoms with Gasteiger partial charge in [0.1, 0.15) is 10.7 Å². The molecule has 2 aromatic rings.